The van der Waals surface area contributed by atoms with Gasteiger partial charge in [-0.05, 0) is 75.5 Å². The molecule has 0 fully saturated rings. The van der Waals surface area contributed by atoms with Gasteiger partial charge in [0, 0.05) is 0 Å². The molecule has 0 unspecified atom stereocenters. The van der Waals surface area contributed by atoms with Crippen molar-refractivity contribution in [1.29, 1.82) is 0 Å². The molecule has 1 aliphatic carbocycles. The molecule has 0 radical (unpaired) electrons. The van der Waals surface area contributed by atoms with E-state index in [2.05, 4.69) is 34.6 Å². The smallest absolute Gasteiger partial charge is 0.00774 e. The van der Waals surface area contributed by atoms with E-state index in [1.165, 1.54) is 103 Å². The molecule has 160 valence electrons. The number of hydrogen-bond acceptors (Lipinski definition) is 1. The van der Waals surface area contributed by atoms with E-state index in [0.717, 1.165) is 6.54 Å². The second kappa shape index (κ2) is 18.8. The molecule has 0 aromatic rings. The van der Waals surface area contributed by atoms with Gasteiger partial charge in [0.05, 0.1) is 0 Å². The lowest BCUT2D eigenvalue weighted by Crippen LogP contribution is -1.95. The molecule has 1 aliphatic rings. The number of nitrogens with two attached hydrogens (primary N) is 1. The van der Waals surface area contributed by atoms with Gasteiger partial charge in [-0.1, -0.05) is 90.7 Å². The summed E-state index contributed by atoms with van der Waals surface area (Å²) < 4.78 is 0. The van der Waals surface area contributed by atoms with Crippen LogP contribution >= 0.6 is 0 Å². The van der Waals surface area contributed by atoms with Crippen LogP contribution in [0.3, 0.4) is 0 Å². The predicted octanol–water partition coefficient (Wildman–Crippen LogP) is 8.88. The van der Waals surface area contributed by atoms with Crippen molar-refractivity contribution >= 4 is 0 Å². The normalized spacial score (nSPS) is 14.0. The minimum Gasteiger partial charge on any atom is -0.330 e. The monoisotopic (exact) mass is 377 g/mol. The first kappa shape index (κ1) is 26.4. The van der Waals surface area contributed by atoms with Crippen molar-refractivity contribution in [3.05, 3.63) is 22.3 Å². The lowest BCUT2D eigenvalue weighted by atomic mass is 9.93. The molecule has 0 aromatic carbocycles. The van der Waals surface area contributed by atoms with Crippen LogP contribution in [0.25, 0.3) is 0 Å². The van der Waals surface area contributed by atoms with E-state index in [9.17, 15) is 0 Å². The van der Waals surface area contributed by atoms with Gasteiger partial charge in [0.1, 0.15) is 0 Å². The van der Waals surface area contributed by atoms with E-state index < -0.39 is 0 Å². The Morgan fingerprint density at radius 1 is 0.556 bits per heavy atom. The average Bonchev–Trinajstić information content (AvgIpc) is 3.00. The summed E-state index contributed by atoms with van der Waals surface area (Å²) in [6.07, 6.45) is 21.5. The van der Waals surface area contributed by atoms with Crippen LogP contribution in [-0.2, 0) is 0 Å². The Morgan fingerprint density at radius 2 is 1.00 bits per heavy atom. The number of rotatable bonds is 15. The van der Waals surface area contributed by atoms with Gasteiger partial charge in [-0.25, -0.2) is 0 Å². The molecule has 0 atom stereocenters. The van der Waals surface area contributed by atoms with Crippen molar-refractivity contribution in [3.63, 3.8) is 0 Å². The van der Waals surface area contributed by atoms with E-state index in [4.69, 9.17) is 5.73 Å². The highest BCUT2D eigenvalue weighted by molar-refractivity contribution is 5.47. The van der Waals surface area contributed by atoms with Gasteiger partial charge >= 0.3 is 0 Å². The SMILES string of the molecule is CCCCCC1=C(CCCCC)C(CCCCC)=C(CC)C1.CCCCN. The third kappa shape index (κ3) is 11.8. The van der Waals surface area contributed by atoms with Gasteiger partial charge in [-0.15, -0.1) is 0 Å². The fourth-order valence-electron chi connectivity index (χ4n) is 4.03. The Hall–Kier alpha value is -0.560. The van der Waals surface area contributed by atoms with Crippen LogP contribution in [0.1, 0.15) is 137 Å². The van der Waals surface area contributed by atoms with Crippen LogP contribution in [0, 0.1) is 0 Å². The maximum Gasteiger partial charge on any atom is -0.00774 e. The molecule has 2 N–H and O–H groups in total. The lowest BCUT2D eigenvalue weighted by Gasteiger charge is -2.13. The summed E-state index contributed by atoms with van der Waals surface area (Å²) in [5.74, 6) is 0. The fraction of sp³-hybridized carbons (Fsp3) is 0.846. The van der Waals surface area contributed by atoms with E-state index in [0.29, 0.717) is 0 Å². The minimum atomic E-state index is 0.844. The highest BCUT2D eigenvalue weighted by Gasteiger charge is 2.22. The summed E-state index contributed by atoms with van der Waals surface area (Å²) >= 11 is 0. The van der Waals surface area contributed by atoms with Gasteiger partial charge < -0.3 is 5.73 Å². The Balaban J connectivity index is 0.00000119. The lowest BCUT2D eigenvalue weighted by molar-refractivity contribution is 0.677. The summed E-state index contributed by atoms with van der Waals surface area (Å²) in [7, 11) is 0. The standard InChI is InChI=1S/C22H40.C4H11N/c1-5-9-12-15-20-18-19(8-4)21(16-13-10-6-2)22(20)17-14-11-7-3;1-2-3-4-5/h5-18H2,1-4H3;2-5H2,1H3. The van der Waals surface area contributed by atoms with Crippen molar-refractivity contribution in [2.24, 2.45) is 5.73 Å². The van der Waals surface area contributed by atoms with E-state index in [1.807, 2.05) is 11.1 Å². The Kier molecular flexibility index (Phi) is 18.4. The molecule has 27 heavy (non-hydrogen) atoms. The van der Waals surface area contributed by atoms with Crippen LogP contribution in [0.4, 0.5) is 0 Å². The minimum absolute atomic E-state index is 0.844. The molecule has 1 heteroatoms. The van der Waals surface area contributed by atoms with Crippen molar-refractivity contribution in [1.82, 2.24) is 0 Å². The van der Waals surface area contributed by atoms with Gasteiger partial charge in [-0.3, -0.25) is 0 Å². The van der Waals surface area contributed by atoms with Crippen LogP contribution in [-0.4, -0.2) is 6.54 Å². The van der Waals surface area contributed by atoms with E-state index in [-0.39, 0.29) is 0 Å². The summed E-state index contributed by atoms with van der Waals surface area (Å²) in [5, 5.41) is 0. The second-order valence-corrected chi connectivity index (χ2v) is 8.21. The van der Waals surface area contributed by atoms with Crippen molar-refractivity contribution < 1.29 is 0 Å². The fourth-order valence-corrected chi connectivity index (χ4v) is 4.03. The predicted molar refractivity (Wildman–Crippen MR) is 125 cm³/mol. The summed E-state index contributed by atoms with van der Waals surface area (Å²) in [5.41, 5.74) is 12.4. The summed E-state index contributed by atoms with van der Waals surface area (Å²) in [6, 6.07) is 0. The average molecular weight is 378 g/mol. The molecular weight excluding hydrogens is 326 g/mol. The zero-order valence-electron chi connectivity index (χ0n) is 19.6. The highest BCUT2D eigenvalue weighted by Crippen LogP contribution is 2.41. The maximum absolute atomic E-state index is 5.14. The largest absolute Gasteiger partial charge is 0.330 e. The number of hydrogen-bond donors (Lipinski definition) is 1. The quantitative estimate of drug-likeness (QED) is 0.283. The molecule has 0 aliphatic heterocycles. The molecule has 0 heterocycles. The molecule has 0 bridgehead atoms. The van der Waals surface area contributed by atoms with Gasteiger partial charge in [0.2, 0.25) is 0 Å². The van der Waals surface area contributed by atoms with Gasteiger partial charge in [0.25, 0.3) is 0 Å². The van der Waals surface area contributed by atoms with Crippen molar-refractivity contribution in [2.45, 2.75) is 137 Å². The Morgan fingerprint density at radius 3 is 1.37 bits per heavy atom. The highest BCUT2D eigenvalue weighted by atomic mass is 14.5. The van der Waals surface area contributed by atoms with Crippen LogP contribution in [0.15, 0.2) is 22.3 Å². The maximum atomic E-state index is 5.14. The first-order valence-corrected chi connectivity index (χ1v) is 12.3. The second-order valence-electron chi connectivity index (χ2n) is 8.21. The summed E-state index contributed by atoms with van der Waals surface area (Å²) in [6.45, 7) is 12.3. The van der Waals surface area contributed by atoms with Crippen LogP contribution < -0.4 is 5.73 Å². The molecule has 0 saturated carbocycles. The molecule has 1 rings (SSSR count). The van der Waals surface area contributed by atoms with E-state index in [1.54, 1.807) is 11.1 Å². The molecule has 0 spiro atoms. The molecule has 0 saturated heterocycles. The van der Waals surface area contributed by atoms with Gasteiger partial charge in [-0.2, -0.15) is 0 Å². The Labute approximate surface area is 172 Å². The van der Waals surface area contributed by atoms with Crippen LogP contribution in [0.2, 0.25) is 0 Å². The number of unbranched alkanes of at least 4 members (excludes halogenated alkanes) is 7. The van der Waals surface area contributed by atoms with Gasteiger partial charge in [0.15, 0.2) is 0 Å². The molecule has 0 amide bonds. The van der Waals surface area contributed by atoms with Crippen molar-refractivity contribution in [2.75, 3.05) is 6.54 Å². The Bertz CT molecular complexity index is 400. The number of allylic oxidation sites excluding steroid dienone is 4. The third-order valence-electron chi connectivity index (χ3n) is 5.77. The first-order valence-electron chi connectivity index (χ1n) is 12.3. The first-order chi connectivity index (χ1) is 13.2. The molecule has 0 aromatic heterocycles. The molecule has 1 nitrogen and oxygen atoms in total. The zero-order valence-corrected chi connectivity index (χ0v) is 19.6. The zero-order chi connectivity index (χ0) is 20.3. The third-order valence-corrected chi connectivity index (χ3v) is 5.77. The topological polar surface area (TPSA) is 26.0 Å². The van der Waals surface area contributed by atoms with E-state index >= 15 is 0 Å². The molecular formula is C26H51N. The van der Waals surface area contributed by atoms with Crippen LogP contribution in [0.5, 0.6) is 0 Å². The summed E-state index contributed by atoms with van der Waals surface area (Å²) in [4.78, 5) is 0. The van der Waals surface area contributed by atoms with Crippen molar-refractivity contribution in [3.8, 4) is 0 Å².